The highest BCUT2D eigenvalue weighted by Gasteiger charge is 2.40. The highest BCUT2D eigenvalue weighted by Crippen LogP contribution is 2.32. The first-order valence-corrected chi connectivity index (χ1v) is 5.59. The quantitative estimate of drug-likeness (QED) is 0.790. The van der Waals surface area contributed by atoms with Crippen LogP contribution in [0.5, 0.6) is 0 Å². The lowest BCUT2D eigenvalue weighted by Crippen LogP contribution is -2.30. The normalized spacial score (nSPS) is 11.3. The van der Waals surface area contributed by atoms with Crippen LogP contribution < -0.4 is 0 Å². The van der Waals surface area contributed by atoms with Crippen LogP contribution in [0, 0.1) is 12.3 Å². The van der Waals surface area contributed by atoms with Gasteiger partial charge in [0.25, 0.3) is 5.91 Å². The molecule has 2 aromatic rings. The maximum absolute atomic E-state index is 13.0. The molecule has 0 aromatic carbocycles. The Labute approximate surface area is 112 Å². The average Bonchev–Trinajstić information content (AvgIpc) is 2.77. The van der Waals surface area contributed by atoms with E-state index in [0.29, 0.717) is 0 Å². The second-order valence-corrected chi connectivity index (χ2v) is 4.10. The van der Waals surface area contributed by atoms with Crippen molar-refractivity contribution in [2.24, 2.45) is 0 Å². The van der Waals surface area contributed by atoms with Crippen molar-refractivity contribution in [2.45, 2.75) is 6.18 Å². The van der Waals surface area contributed by atoms with Crippen LogP contribution in [-0.2, 0) is 6.18 Å². The van der Waals surface area contributed by atoms with Gasteiger partial charge in [0.05, 0.1) is 6.54 Å². The van der Waals surface area contributed by atoms with Crippen molar-refractivity contribution in [1.29, 1.82) is 0 Å². The van der Waals surface area contributed by atoms with Gasteiger partial charge in [-0.25, -0.2) is 4.98 Å². The van der Waals surface area contributed by atoms with Crippen LogP contribution in [-0.4, -0.2) is 33.8 Å². The van der Waals surface area contributed by atoms with E-state index in [1.165, 1.54) is 25.4 Å². The number of imidazole rings is 1. The Morgan fingerprint density at radius 2 is 2.20 bits per heavy atom. The molecule has 0 radical (unpaired) electrons. The minimum atomic E-state index is -4.71. The number of fused-ring (bicyclic) bond motifs is 1. The summed E-state index contributed by atoms with van der Waals surface area (Å²) in [6.45, 7) is -0.0871. The molecule has 2 heterocycles. The first kappa shape index (κ1) is 13.9. The molecule has 0 aliphatic rings. The van der Waals surface area contributed by atoms with Gasteiger partial charge in [-0.1, -0.05) is 12.0 Å². The lowest BCUT2D eigenvalue weighted by atomic mass is 10.2. The Bertz CT molecular complexity index is 697. The van der Waals surface area contributed by atoms with Gasteiger partial charge in [0.15, 0.2) is 5.69 Å². The number of amides is 1. The molecular weight excluding hydrogens is 271 g/mol. The maximum atomic E-state index is 13.0. The van der Waals surface area contributed by atoms with E-state index in [4.69, 9.17) is 6.42 Å². The van der Waals surface area contributed by atoms with E-state index in [0.717, 1.165) is 9.30 Å². The number of pyridine rings is 1. The van der Waals surface area contributed by atoms with E-state index < -0.39 is 23.5 Å². The Kier molecular flexibility index (Phi) is 3.40. The zero-order chi connectivity index (χ0) is 14.9. The first-order valence-electron chi connectivity index (χ1n) is 5.59. The number of halogens is 3. The molecule has 0 atom stereocenters. The summed E-state index contributed by atoms with van der Waals surface area (Å²) in [6, 6.07) is 4.46. The number of terminal acetylenes is 1. The van der Waals surface area contributed by atoms with Crippen LogP contribution in [0.4, 0.5) is 13.2 Å². The highest BCUT2D eigenvalue weighted by atomic mass is 19.4. The summed E-state index contributed by atoms with van der Waals surface area (Å²) < 4.78 is 40.1. The third-order valence-corrected chi connectivity index (χ3v) is 2.68. The summed E-state index contributed by atoms with van der Waals surface area (Å²) in [4.78, 5) is 16.7. The van der Waals surface area contributed by atoms with Crippen molar-refractivity contribution < 1.29 is 18.0 Å². The zero-order valence-corrected chi connectivity index (χ0v) is 10.5. The van der Waals surface area contributed by atoms with Gasteiger partial charge < -0.3 is 4.90 Å². The van der Waals surface area contributed by atoms with Gasteiger partial charge in [-0.15, -0.1) is 6.42 Å². The van der Waals surface area contributed by atoms with E-state index >= 15 is 0 Å². The van der Waals surface area contributed by atoms with Gasteiger partial charge in [-0.05, 0) is 12.1 Å². The Hall–Kier alpha value is -2.49. The van der Waals surface area contributed by atoms with Crippen LogP contribution >= 0.6 is 0 Å². The van der Waals surface area contributed by atoms with Gasteiger partial charge in [0, 0.05) is 13.2 Å². The fourth-order valence-corrected chi connectivity index (χ4v) is 1.79. The number of aromatic nitrogens is 2. The predicted octanol–water partition coefficient (Wildman–Crippen LogP) is 2.06. The van der Waals surface area contributed by atoms with E-state index in [-0.39, 0.29) is 12.2 Å². The van der Waals surface area contributed by atoms with Crippen LogP contribution in [0.3, 0.4) is 0 Å². The second-order valence-electron chi connectivity index (χ2n) is 4.10. The fraction of sp³-hybridized carbons (Fsp3) is 0.231. The molecule has 104 valence electrons. The van der Waals surface area contributed by atoms with E-state index in [1.54, 1.807) is 6.07 Å². The van der Waals surface area contributed by atoms with E-state index in [1.807, 2.05) is 0 Å². The minimum Gasteiger partial charge on any atom is -0.329 e. The molecule has 0 fully saturated rings. The van der Waals surface area contributed by atoms with Crippen molar-refractivity contribution in [3.8, 4) is 12.3 Å². The second kappa shape index (κ2) is 4.89. The largest absolute Gasteiger partial charge is 0.435 e. The lowest BCUT2D eigenvalue weighted by Gasteiger charge is -2.15. The summed E-state index contributed by atoms with van der Waals surface area (Å²) in [5.41, 5.74) is -1.69. The Balaban J connectivity index is 2.66. The van der Waals surface area contributed by atoms with Crippen molar-refractivity contribution in [2.75, 3.05) is 13.6 Å². The standard InChI is InChI=1S/C13H10F3N3O/c1-3-7-18(2)12(20)10-11(13(14,15)16)17-9-6-4-5-8-19(9)10/h1,4-6,8H,7H2,2H3. The van der Waals surface area contributed by atoms with Gasteiger partial charge in [-0.3, -0.25) is 9.20 Å². The SMILES string of the molecule is C#CCN(C)C(=O)c1c(C(F)(F)F)nc2ccccn12. The number of hydrogen-bond donors (Lipinski definition) is 0. The van der Waals surface area contributed by atoms with Crippen LogP contribution in [0.25, 0.3) is 5.65 Å². The molecule has 1 amide bonds. The molecule has 2 rings (SSSR count). The van der Waals surface area contributed by atoms with Gasteiger partial charge in [0.2, 0.25) is 0 Å². The molecule has 0 bridgehead atoms. The van der Waals surface area contributed by atoms with E-state index in [9.17, 15) is 18.0 Å². The van der Waals surface area contributed by atoms with Crippen molar-refractivity contribution in [1.82, 2.24) is 14.3 Å². The third-order valence-electron chi connectivity index (χ3n) is 2.68. The van der Waals surface area contributed by atoms with Crippen molar-refractivity contribution in [3.63, 3.8) is 0 Å². The summed E-state index contributed by atoms with van der Waals surface area (Å²) in [6.07, 6.45) is 1.71. The first-order chi connectivity index (χ1) is 9.36. The Morgan fingerprint density at radius 1 is 1.50 bits per heavy atom. The molecule has 0 N–H and O–H groups in total. The molecule has 2 aromatic heterocycles. The molecule has 0 unspecified atom stereocenters. The number of alkyl halides is 3. The number of nitrogens with zero attached hydrogens (tertiary/aromatic N) is 3. The van der Waals surface area contributed by atoms with E-state index in [2.05, 4.69) is 10.9 Å². The molecule has 0 saturated heterocycles. The minimum absolute atomic E-state index is 0.0530. The number of carbonyl (C=O) groups is 1. The highest BCUT2D eigenvalue weighted by molar-refractivity contribution is 5.95. The third kappa shape index (κ3) is 2.32. The Morgan fingerprint density at radius 3 is 2.80 bits per heavy atom. The molecule has 7 heteroatoms. The number of carbonyl (C=O) groups excluding carboxylic acids is 1. The number of hydrogen-bond acceptors (Lipinski definition) is 2. The van der Waals surface area contributed by atoms with Crippen molar-refractivity contribution >= 4 is 11.6 Å². The summed E-state index contributed by atoms with van der Waals surface area (Å²) >= 11 is 0. The van der Waals surface area contributed by atoms with Crippen LogP contribution in [0.2, 0.25) is 0 Å². The molecular formula is C13H10F3N3O. The molecule has 0 aliphatic heterocycles. The molecule has 4 nitrogen and oxygen atoms in total. The topological polar surface area (TPSA) is 37.6 Å². The monoisotopic (exact) mass is 281 g/mol. The van der Waals surface area contributed by atoms with Crippen LogP contribution in [0.1, 0.15) is 16.2 Å². The summed E-state index contributed by atoms with van der Waals surface area (Å²) in [5, 5.41) is 0. The van der Waals surface area contributed by atoms with Crippen molar-refractivity contribution in [3.05, 3.63) is 35.8 Å². The molecule has 0 spiro atoms. The summed E-state index contributed by atoms with van der Waals surface area (Å²) in [7, 11) is 1.34. The maximum Gasteiger partial charge on any atom is 0.435 e. The molecule has 0 aliphatic carbocycles. The summed E-state index contributed by atoms with van der Waals surface area (Å²) in [5.74, 6) is 1.39. The molecule has 20 heavy (non-hydrogen) atoms. The number of rotatable bonds is 2. The predicted molar refractivity (Wildman–Crippen MR) is 66.0 cm³/mol. The smallest absolute Gasteiger partial charge is 0.329 e. The molecule has 0 saturated carbocycles. The van der Waals surface area contributed by atoms with Gasteiger partial charge in [0.1, 0.15) is 11.3 Å². The zero-order valence-electron chi connectivity index (χ0n) is 10.5. The van der Waals surface area contributed by atoms with Gasteiger partial charge in [-0.2, -0.15) is 13.2 Å². The fourth-order valence-electron chi connectivity index (χ4n) is 1.79. The van der Waals surface area contributed by atoms with Crippen LogP contribution in [0.15, 0.2) is 24.4 Å². The van der Waals surface area contributed by atoms with Gasteiger partial charge >= 0.3 is 6.18 Å². The average molecular weight is 281 g/mol. The lowest BCUT2D eigenvalue weighted by molar-refractivity contribution is -0.141.